The van der Waals surface area contributed by atoms with Gasteiger partial charge in [0, 0.05) is 22.3 Å². The molecule has 8 heteroatoms. The standard InChI is InChI=1S/C39H40O8/c1-23(2)21-43-35-20-34(30-13-17-32(18-14-30)46-39(42)47-38(41)26(7)8)36(44-22-24(3)4)19-33(35)28(10)27(9)29-11-15-31(16-12-29)45-37(40)25(5)6/h11-20H,1,3,5,7,21-22H2,2,4,6,8-10H3/b28-27+. The fraction of sp³-hybridized carbons (Fsp3) is 0.205. The highest BCUT2D eigenvalue weighted by Gasteiger charge is 2.19. The lowest BCUT2D eigenvalue weighted by Gasteiger charge is -2.20. The molecular formula is C39H40O8. The van der Waals surface area contributed by atoms with Crippen molar-refractivity contribution in [1.29, 1.82) is 0 Å². The van der Waals surface area contributed by atoms with E-state index in [-0.39, 0.29) is 17.9 Å². The van der Waals surface area contributed by atoms with Gasteiger partial charge in [-0.15, -0.1) is 0 Å². The van der Waals surface area contributed by atoms with Crippen LogP contribution in [0.2, 0.25) is 0 Å². The Morgan fingerprint density at radius 3 is 1.64 bits per heavy atom. The summed E-state index contributed by atoms with van der Waals surface area (Å²) in [6.45, 7) is 26.4. The fourth-order valence-electron chi connectivity index (χ4n) is 4.09. The van der Waals surface area contributed by atoms with Crippen LogP contribution in [0.25, 0.3) is 22.3 Å². The molecule has 47 heavy (non-hydrogen) atoms. The fourth-order valence-corrected chi connectivity index (χ4v) is 4.09. The number of hydrogen-bond donors (Lipinski definition) is 0. The lowest BCUT2D eigenvalue weighted by Crippen LogP contribution is -2.16. The minimum Gasteiger partial charge on any atom is -0.489 e. The molecule has 0 heterocycles. The van der Waals surface area contributed by atoms with E-state index in [4.69, 9.17) is 18.9 Å². The van der Waals surface area contributed by atoms with Crippen LogP contribution in [0.15, 0.2) is 109 Å². The smallest absolute Gasteiger partial charge is 0.489 e. The second kappa shape index (κ2) is 16.1. The summed E-state index contributed by atoms with van der Waals surface area (Å²) < 4.78 is 27.6. The van der Waals surface area contributed by atoms with Gasteiger partial charge in [-0.3, -0.25) is 0 Å². The van der Waals surface area contributed by atoms with Gasteiger partial charge in [0.1, 0.15) is 36.2 Å². The van der Waals surface area contributed by atoms with E-state index in [1.807, 2.05) is 52.0 Å². The second-order valence-corrected chi connectivity index (χ2v) is 11.3. The van der Waals surface area contributed by atoms with Gasteiger partial charge in [0.15, 0.2) is 0 Å². The molecule has 0 aliphatic carbocycles. The third kappa shape index (κ3) is 10.2. The maximum atomic E-state index is 12.0. The Morgan fingerprint density at radius 1 is 0.596 bits per heavy atom. The van der Waals surface area contributed by atoms with Crippen LogP contribution in [-0.2, 0) is 14.3 Å². The van der Waals surface area contributed by atoms with E-state index in [1.54, 1.807) is 43.3 Å². The summed E-state index contributed by atoms with van der Waals surface area (Å²) in [4.78, 5) is 35.6. The lowest BCUT2D eigenvalue weighted by atomic mass is 9.93. The molecule has 0 aromatic heterocycles. The molecule has 0 atom stereocenters. The largest absolute Gasteiger partial charge is 0.521 e. The average molecular weight is 637 g/mol. The Balaban J connectivity index is 2.06. The first-order valence-electron chi connectivity index (χ1n) is 14.7. The molecule has 0 bridgehead atoms. The zero-order valence-corrected chi connectivity index (χ0v) is 27.8. The number of allylic oxidation sites excluding steroid dienone is 2. The van der Waals surface area contributed by atoms with Crippen LogP contribution in [0, 0.1) is 0 Å². The summed E-state index contributed by atoms with van der Waals surface area (Å²) >= 11 is 0. The molecule has 3 aromatic rings. The van der Waals surface area contributed by atoms with Crippen LogP contribution < -0.4 is 18.9 Å². The number of benzene rings is 3. The molecular weight excluding hydrogens is 596 g/mol. The highest BCUT2D eigenvalue weighted by molar-refractivity contribution is 5.94. The number of rotatable bonds is 13. The number of esters is 2. The van der Waals surface area contributed by atoms with E-state index in [1.165, 1.54) is 6.92 Å². The molecule has 3 aromatic carbocycles. The molecule has 0 saturated heterocycles. The average Bonchev–Trinajstić information content (AvgIpc) is 3.02. The summed E-state index contributed by atoms with van der Waals surface area (Å²) in [5.74, 6) is 0.447. The minimum absolute atomic E-state index is 0.0764. The van der Waals surface area contributed by atoms with Gasteiger partial charge in [0.05, 0.1) is 0 Å². The molecule has 8 nitrogen and oxygen atoms in total. The summed E-state index contributed by atoms with van der Waals surface area (Å²) in [7, 11) is 0. The van der Waals surface area contributed by atoms with Crippen LogP contribution in [-0.4, -0.2) is 31.3 Å². The van der Waals surface area contributed by atoms with Gasteiger partial charge >= 0.3 is 18.1 Å². The van der Waals surface area contributed by atoms with Crippen molar-refractivity contribution in [3.8, 4) is 34.1 Å². The van der Waals surface area contributed by atoms with Crippen LogP contribution in [0.4, 0.5) is 4.79 Å². The molecule has 0 saturated carbocycles. The highest BCUT2D eigenvalue weighted by atomic mass is 16.7. The number of carbonyl (C=O) groups is 3. The van der Waals surface area contributed by atoms with Crippen LogP contribution in [0.5, 0.6) is 23.0 Å². The van der Waals surface area contributed by atoms with Crippen molar-refractivity contribution in [3.63, 3.8) is 0 Å². The highest BCUT2D eigenvalue weighted by Crippen LogP contribution is 2.42. The zero-order chi connectivity index (χ0) is 34.8. The first-order valence-corrected chi connectivity index (χ1v) is 14.7. The predicted octanol–water partition coefficient (Wildman–Crippen LogP) is 9.31. The van der Waals surface area contributed by atoms with Crippen LogP contribution >= 0.6 is 0 Å². The number of carbonyl (C=O) groups excluding carboxylic acids is 3. The van der Waals surface area contributed by atoms with E-state index >= 15 is 0 Å². The molecule has 0 aliphatic heterocycles. The van der Waals surface area contributed by atoms with Gasteiger partial charge in [-0.1, -0.05) is 50.6 Å². The van der Waals surface area contributed by atoms with Crippen molar-refractivity contribution in [2.75, 3.05) is 13.2 Å². The topological polar surface area (TPSA) is 97.4 Å². The van der Waals surface area contributed by atoms with Crippen LogP contribution in [0.1, 0.15) is 52.7 Å². The SMILES string of the molecule is C=C(C)COc1cc(-c2ccc(OC(=O)OC(=O)C(=C)C)cc2)c(OCC(=C)C)cc1/C(C)=C(\C)c1ccc(OC(=O)C(=C)C)cc1. The van der Waals surface area contributed by atoms with Crippen molar-refractivity contribution in [2.45, 2.75) is 41.5 Å². The van der Waals surface area contributed by atoms with E-state index in [0.29, 0.717) is 29.4 Å². The maximum Gasteiger partial charge on any atom is 0.521 e. The Morgan fingerprint density at radius 2 is 1.11 bits per heavy atom. The maximum absolute atomic E-state index is 12.0. The van der Waals surface area contributed by atoms with Crippen molar-refractivity contribution in [2.24, 2.45) is 0 Å². The van der Waals surface area contributed by atoms with Crippen molar-refractivity contribution in [3.05, 3.63) is 120 Å². The Hall–Kier alpha value is -5.63. The van der Waals surface area contributed by atoms with E-state index < -0.39 is 18.1 Å². The molecule has 0 spiro atoms. The summed E-state index contributed by atoms with van der Waals surface area (Å²) in [6, 6.07) is 17.7. The lowest BCUT2D eigenvalue weighted by molar-refractivity contribution is -0.134. The van der Waals surface area contributed by atoms with Crippen molar-refractivity contribution in [1.82, 2.24) is 0 Å². The molecule has 0 aliphatic rings. The Labute approximate surface area is 276 Å². The predicted molar refractivity (Wildman–Crippen MR) is 184 cm³/mol. The molecule has 0 fully saturated rings. The van der Waals surface area contributed by atoms with Gasteiger partial charge in [0.2, 0.25) is 0 Å². The van der Waals surface area contributed by atoms with E-state index in [2.05, 4.69) is 31.1 Å². The first-order chi connectivity index (χ1) is 22.2. The van der Waals surface area contributed by atoms with Gasteiger partial charge in [0.25, 0.3) is 0 Å². The van der Waals surface area contributed by atoms with Gasteiger partial charge < -0.3 is 23.7 Å². The van der Waals surface area contributed by atoms with Gasteiger partial charge in [-0.05, 0) is 111 Å². The minimum atomic E-state index is -1.16. The molecule has 0 N–H and O–H groups in total. The second-order valence-electron chi connectivity index (χ2n) is 11.3. The monoisotopic (exact) mass is 636 g/mol. The molecule has 0 radical (unpaired) electrons. The third-order valence-corrected chi connectivity index (χ3v) is 6.73. The van der Waals surface area contributed by atoms with E-state index in [0.717, 1.165) is 44.5 Å². The summed E-state index contributed by atoms with van der Waals surface area (Å²) in [5.41, 5.74) is 7.21. The Bertz CT molecular complexity index is 1760. The quantitative estimate of drug-likeness (QED) is 0.0348. The number of hydrogen-bond acceptors (Lipinski definition) is 8. The normalized spacial score (nSPS) is 11.0. The third-order valence-electron chi connectivity index (χ3n) is 6.73. The van der Waals surface area contributed by atoms with Gasteiger partial charge in [-0.25, -0.2) is 14.4 Å². The summed E-state index contributed by atoms with van der Waals surface area (Å²) in [6.07, 6.45) is -1.16. The first kappa shape index (κ1) is 35.8. The Kier molecular flexibility index (Phi) is 12.3. The number of ether oxygens (including phenoxy) is 5. The van der Waals surface area contributed by atoms with Crippen LogP contribution in [0.3, 0.4) is 0 Å². The molecule has 0 amide bonds. The molecule has 3 rings (SSSR count). The summed E-state index contributed by atoms with van der Waals surface area (Å²) in [5, 5.41) is 0. The van der Waals surface area contributed by atoms with Gasteiger partial charge in [-0.2, -0.15) is 0 Å². The van der Waals surface area contributed by atoms with E-state index in [9.17, 15) is 14.4 Å². The molecule has 244 valence electrons. The van der Waals surface area contributed by atoms with Crippen molar-refractivity contribution >= 4 is 29.2 Å². The van der Waals surface area contributed by atoms with Crippen molar-refractivity contribution < 1.29 is 38.1 Å². The zero-order valence-electron chi connectivity index (χ0n) is 27.8. The molecule has 0 unspecified atom stereocenters.